The van der Waals surface area contributed by atoms with Crippen LogP contribution in [-0.2, 0) is 0 Å². The largest absolute Gasteiger partial charge is 0.395 e. The van der Waals surface area contributed by atoms with Crippen LogP contribution in [0.2, 0.25) is 0 Å². The fourth-order valence-corrected chi connectivity index (χ4v) is 2.69. The van der Waals surface area contributed by atoms with Crippen molar-refractivity contribution in [1.29, 1.82) is 0 Å². The number of aliphatic hydroxyl groups is 2. The van der Waals surface area contributed by atoms with Gasteiger partial charge < -0.3 is 15.1 Å². The molecule has 0 radical (unpaired) electrons. The van der Waals surface area contributed by atoms with E-state index in [1.807, 2.05) is 25.1 Å². The predicted octanol–water partition coefficient (Wildman–Crippen LogP) is 4.14. The highest BCUT2D eigenvalue weighted by Crippen LogP contribution is 2.11. The molecule has 0 amide bonds. The van der Waals surface area contributed by atoms with Gasteiger partial charge >= 0.3 is 0 Å². The molecule has 3 nitrogen and oxygen atoms in total. The second-order valence-corrected chi connectivity index (χ2v) is 6.60. The van der Waals surface area contributed by atoms with Crippen molar-refractivity contribution in [1.82, 2.24) is 4.90 Å². The van der Waals surface area contributed by atoms with Crippen molar-refractivity contribution in [2.75, 3.05) is 20.7 Å². The third-order valence-electron chi connectivity index (χ3n) is 4.30. The van der Waals surface area contributed by atoms with Crippen molar-refractivity contribution >= 4 is 0 Å². The lowest BCUT2D eigenvalue weighted by Crippen LogP contribution is -2.40. The van der Waals surface area contributed by atoms with E-state index in [0.717, 1.165) is 6.42 Å². The van der Waals surface area contributed by atoms with Gasteiger partial charge in [-0.3, -0.25) is 0 Å². The number of hydrogen-bond donors (Lipinski definition) is 2. The van der Waals surface area contributed by atoms with Gasteiger partial charge in [-0.1, -0.05) is 76.9 Å². The highest BCUT2D eigenvalue weighted by atomic mass is 16.3. The average molecular weight is 314 g/mol. The molecular formula is C19H39NO2. The summed E-state index contributed by atoms with van der Waals surface area (Å²) < 4.78 is 0. The van der Waals surface area contributed by atoms with Gasteiger partial charge in [0.25, 0.3) is 0 Å². The summed E-state index contributed by atoms with van der Waals surface area (Å²) in [7, 11) is 3.75. The molecule has 3 heteroatoms. The van der Waals surface area contributed by atoms with Crippen LogP contribution in [0.1, 0.15) is 77.6 Å². The van der Waals surface area contributed by atoms with Crippen molar-refractivity contribution in [2.45, 2.75) is 89.7 Å². The molecule has 0 heterocycles. The number of hydrogen-bond acceptors (Lipinski definition) is 3. The zero-order valence-electron chi connectivity index (χ0n) is 15.1. The molecule has 0 bridgehead atoms. The highest BCUT2D eigenvalue weighted by molar-refractivity contribution is 4.94. The fourth-order valence-electron chi connectivity index (χ4n) is 2.69. The van der Waals surface area contributed by atoms with E-state index in [1.165, 1.54) is 64.2 Å². The molecule has 2 atom stereocenters. The van der Waals surface area contributed by atoms with Gasteiger partial charge in [0.2, 0.25) is 0 Å². The van der Waals surface area contributed by atoms with Gasteiger partial charge in [0.05, 0.1) is 18.8 Å². The lowest BCUT2D eigenvalue weighted by molar-refractivity contribution is 0.0672. The minimum atomic E-state index is -0.580. The van der Waals surface area contributed by atoms with Crippen LogP contribution < -0.4 is 0 Å². The van der Waals surface area contributed by atoms with E-state index < -0.39 is 6.10 Å². The third kappa shape index (κ3) is 12.2. The maximum atomic E-state index is 9.95. The molecule has 0 aromatic heterocycles. The predicted molar refractivity (Wildman–Crippen MR) is 96.2 cm³/mol. The Morgan fingerprint density at radius 2 is 1.36 bits per heavy atom. The standard InChI is InChI=1S/C19H39NO2/c1-4-5-6-7-8-9-10-11-12-13-14-15-16-19(22)18(17-21)20(2)3/h15-16,18-19,21-22H,4-14,17H2,1-3H3/t18-,19+/m0/s1. The monoisotopic (exact) mass is 313 g/mol. The molecule has 0 unspecified atom stereocenters. The van der Waals surface area contributed by atoms with E-state index in [0.29, 0.717) is 0 Å². The SMILES string of the molecule is CCCCCCCCCCCCC=C[C@@H](O)[C@H](CO)N(C)C. The summed E-state index contributed by atoms with van der Waals surface area (Å²) in [6.07, 6.45) is 17.8. The Balaban J connectivity index is 3.43. The van der Waals surface area contributed by atoms with Gasteiger partial charge in [0.15, 0.2) is 0 Å². The molecular weight excluding hydrogens is 274 g/mol. The van der Waals surface area contributed by atoms with Crippen molar-refractivity contribution < 1.29 is 10.2 Å². The summed E-state index contributed by atoms with van der Waals surface area (Å²) in [6, 6.07) is -0.205. The topological polar surface area (TPSA) is 43.7 Å². The van der Waals surface area contributed by atoms with Gasteiger partial charge in [-0.2, -0.15) is 0 Å². The Morgan fingerprint density at radius 1 is 0.864 bits per heavy atom. The van der Waals surface area contributed by atoms with Crippen molar-refractivity contribution in [3.8, 4) is 0 Å². The second kappa shape index (κ2) is 15.5. The third-order valence-corrected chi connectivity index (χ3v) is 4.30. The summed E-state index contributed by atoms with van der Waals surface area (Å²) in [6.45, 7) is 2.24. The second-order valence-electron chi connectivity index (χ2n) is 6.60. The molecule has 22 heavy (non-hydrogen) atoms. The Kier molecular flexibility index (Phi) is 15.2. The molecule has 0 saturated heterocycles. The summed E-state index contributed by atoms with van der Waals surface area (Å²) in [5, 5.41) is 19.2. The maximum Gasteiger partial charge on any atom is 0.0898 e. The molecule has 0 aliphatic carbocycles. The van der Waals surface area contributed by atoms with E-state index in [4.69, 9.17) is 0 Å². The van der Waals surface area contributed by atoms with Crippen LogP contribution in [0.5, 0.6) is 0 Å². The Bertz CT molecular complexity index is 254. The number of nitrogens with zero attached hydrogens (tertiary/aromatic N) is 1. The van der Waals surface area contributed by atoms with E-state index in [1.54, 1.807) is 0 Å². The molecule has 2 N–H and O–H groups in total. The Labute approximate surface area is 138 Å². The molecule has 0 aromatic carbocycles. The number of unbranched alkanes of at least 4 members (excludes halogenated alkanes) is 10. The number of allylic oxidation sites excluding steroid dienone is 1. The van der Waals surface area contributed by atoms with Crippen LogP contribution in [0.25, 0.3) is 0 Å². The van der Waals surface area contributed by atoms with E-state index >= 15 is 0 Å². The lowest BCUT2D eigenvalue weighted by atomic mass is 10.1. The van der Waals surface area contributed by atoms with Crippen LogP contribution in [0.3, 0.4) is 0 Å². The highest BCUT2D eigenvalue weighted by Gasteiger charge is 2.17. The van der Waals surface area contributed by atoms with Gasteiger partial charge in [-0.15, -0.1) is 0 Å². The molecule has 0 spiro atoms. The molecule has 132 valence electrons. The number of rotatable bonds is 15. The quantitative estimate of drug-likeness (QED) is 0.353. The van der Waals surface area contributed by atoms with Gasteiger partial charge in [-0.05, 0) is 26.9 Å². The van der Waals surface area contributed by atoms with Gasteiger partial charge in [0.1, 0.15) is 0 Å². The van der Waals surface area contributed by atoms with Crippen LogP contribution in [-0.4, -0.2) is 48.0 Å². The molecule has 0 aliphatic rings. The van der Waals surface area contributed by atoms with Crippen molar-refractivity contribution in [3.05, 3.63) is 12.2 Å². The molecule has 0 aromatic rings. The van der Waals surface area contributed by atoms with Crippen LogP contribution in [0.15, 0.2) is 12.2 Å². The van der Waals surface area contributed by atoms with Crippen molar-refractivity contribution in [2.24, 2.45) is 0 Å². The fraction of sp³-hybridized carbons (Fsp3) is 0.895. The summed E-state index contributed by atoms with van der Waals surface area (Å²) >= 11 is 0. The molecule has 0 saturated carbocycles. The van der Waals surface area contributed by atoms with Crippen LogP contribution in [0.4, 0.5) is 0 Å². The van der Waals surface area contributed by atoms with Gasteiger partial charge in [0, 0.05) is 0 Å². The molecule has 0 aliphatic heterocycles. The zero-order chi connectivity index (χ0) is 16.6. The average Bonchev–Trinajstić information content (AvgIpc) is 2.48. The molecule has 0 fully saturated rings. The minimum absolute atomic E-state index is 0.0171. The first-order valence-corrected chi connectivity index (χ1v) is 9.25. The molecule has 0 rings (SSSR count). The van der Waals surface area contributed by atoms with Crippen molar-refractivity contribution in [3.63, 3.8) is 0 Å². The smallest absolute Gasteiger partial charge is 0.0898 e. The van der Waals surface area contributed by atoms with Gasteiger partial charge in [-0.25, -0.2) is 0 Å². The van der Waals surface area contributed by atoms with E-state index in [2.05, 4.69) is 13.0 Å². The first-order chi connectivity index (χ1) is 10.6. The summed E-state index contributed by atoms with van der Waals surface area (Å²) in [5.41, 5.74) is 0. The number of aliphatic hydroxyl groups excluding tert-OH is 2. The Morgan fingerprint density at radius 3 is 1.82 bits per heavy atom. The summed E-state index contributed by atoms with van der Waals surface area (Å²) in [5.74, 6) is 0. The Hall–Kier alpha value is -0.380. The lowest BCUT2D eigenvalue weighted by Gasteiger charge is -2.25. The summed E-state index contributed by atoms with van der Waals surface area (Å²) in [4.78, 5) is 1.86. The maximum absolute atomic E-state index is 9.95. The normalized spacial score (nSPS) is 14.8. The van der Waals surface area contributed by atoms with Crippen LogP contribution in [0, 0.1) is 0 Å². The van der Waals surface area contributed by atoms with E-state index in [-0.39, 0.29) is 12.6 Å². The number of likely N-dealkylation sites (N-methyl/N-ethyl adjacent to an activating group) is 1. The first-order valence-electron chi connectivity index (χ1n) is 9.25. The zero-order valence-corrected chi connectivity index (χ0v) is 15.1. The van der Waals surface area contributed by atoms with E-state index in [9.17, 15) is 10.2 Å². The minimum Gasteiger partial charge on any atom is -0.395 e. The van der Waals surface area contributed by atoms with Crippen LogP contribution >= 0.6 is 0 Å². The first kappa shape index (κ1) is 21.6.